The van der Waals surface area contributed by atoms with E-state index in [1.807, 2.05) is 31.2 Å². The van der Waals surface area contributed by atoms with Crippen molar-refractivity contribution in [1.82, 2.24) is 0 Å². The second kappa shape index (κ2) is 4.45. The van der Waals surface area contributed by atoms with Crippen molar-refractivity contribution < 1.29 is 5.11 Å². The van der Waals surface area contributed by atoms with Crippen molar-refractivity contribution in [2.45, 2.75) is 20.0 Å². The number of aliphatic hydroxyl groups is 1. The van der Waals surface area contributed by atoms with Crippen LogP contribution in [-0.4, -0.2) is 11.2 Å². The summed E-state index contributed by atoms with van der Waals surface area (Å²) < 4.78 is 0. The number of benzene rings is 1. The highest BCUT2D eigenvalue weighted by Crippen LogP contribution is 2.15. The Bertz CT molecular complexity index is 296. The Kier molecular flexibility index (Phi) is 3.52. The van der Waals surface area contributed by atoms with Crippen LogP contribution in [0.25, 0.3) is 6.08 Å². The lowest BCUT2D eigenvalue weighted by molar-refractivity contribution is 0.245. The van der Waals surface area contributed by atoms with E-state index in [1.54, 1.807) is 13.0 Å². The van der Waals surface area contributed by atoms with Gasteiger partial charge in [0, 0.05) is 5.02 Å². The van der Waals surface area contributed by atoms with Crippen LogP contribution in [-0.2, 0) is 0 Å². The Morgan fingerprint density at radius 1 is 1.38 bits per heavy atom. The average molecular weight is 197 g/mol. The molecule has 0 saturated carbocycles. The molecule has 0 bridgehead atoms. The SMILES string of the molecule is Cc1cc(Cl)cc(/C=C/C(C)O)c1. The fraction of sp³-hybridized carbons (Fsp3) is 0.273. The predicted octanol–water partition coefficient (Wildman–Crippen LogP) is 3.04. The topological polar surface area (TPSA) is 20.2 Å². The summed E-state index contributed by atoms with van der Waals surface area (Å²) in [6.07, 6.45) is 3.17. The third-order valence-electron chi connectivity index (χ3n) is 1.63. The van der Waals surface area contributed by atoms with Gasteiger partial charge in [-0.15, -0.1) is 0 Å². The van der Waals surface area contributed by atoms with Gasteiger partial charge < -0.3 is 5.11 Å². The molecule has 0 aliphatic rings. The Balaban J connectivity index is 2.89. The zero-order chi connectivity index (χ0) is 9.84. The second-order valence-electron chi connectivity index (χ2n) is 3.16. The van der Waals surface area contributed by atoms with Crippen LogP contribution >= 0.6 is 11.6 Å². The smallest absolute Gasteiger partial charge is 0.0696 e. The highest BCUT2D eigenvalue weighted by atomic mass is 35.5. The average Bonchev–Trinajstić information content (AvgIpc) is 1.99. The van der Waals surface area contributed by atoms with E-state index < -0.39 is 6.10 Å². The first-order valence-electron chi connectivity index (χ1n) is 4.21. The number of aryl methyl sites for hydroxylation is 1. The van der Waals surface area contributed by atoms with Gasteiger partial charge in [0.1, 0.15) is 0 Å². The first-order valence-corrected chi connectivity index (χ1v) is 4.59. The van der Waals surface area contributed by atoms with Gasteiger partial charge in [0.25, 0.3) is 0 Å². The van der Waals surface area contributed by atoms with E-state index in [1.165, 1.54) is 0 Å². The van der Waals surface area contributed by atoms with E-state index in [2.05, 4.69) is 0 Å². The lowest BCUT2D eigenvalue weighted by Gasteiger charge is -1.99. The minimum absolute atomic E-state index is 0.417. The lowest BCUT2D eigenvalue weighted by atomic mass is 10.1. The minimum Gasteiger partial charge on any atom is -0.389 e. The van der Waals surface area contributed by atoms with Gasteiger partial charge in [-0.3, -0.25) is 0 Å². The number of hydrogen-bond acceptors (Lipinski definition) is 1. The van der Waals surface area contributed by atoms with Crippen LogP contribution in [0.1, 0.15) is 18.1 Å². The highest BCUT2D eigenvalue weighted by Gasteiger charge is 1.93. The van der Waals surface area contributed by atoms with Crippen molar-refractivity contribution in [2.75, 3.05) is 0 Å². The van der Waals surface area contributed by atoms with Crippen molar-refractivity contribution >= 4 is 17.7 Å². The van der Waals surface area contributed by atoms with E-state index >= 15 is 0 Å². The molecule has 0 amide bonds. The summed E-state index contributed by atoms with van der Waals surface area (Å²) in [5.41, 5.74) is 2.14. The molecule has 1 aromatic carbocycles. The molecule has 1 rings (SSSR count). The lowest BCUT2D eigenvalue weighted by Crippen LogP contribution is -1.91. The van der Waals surface area contributed by atoms with E-state index in [4.69, 9.17) is 16.7 Å². The molecule has 0 aliphatic carbocycles. The molecule has 1 nitrogen and oxygen atoms in total. The molecule has 0 aromatic heterocycles. The Labute approximate surface area is 83.7 Å². The third kappa shape index (κ3) is 3.62. The maximum atomic E-state index is 9.03. The molecule has 0 spiro atoms. The Morgan fingerprint density at radius 3 is 2.62 bits per heavy atom. The normalized spacial score (nSPS) is 13.5. The molecular weight excluding hydrogens is 184 g/mol. The minimum atomic E-state index is -0.417. The van der Waals surface area contributed by atoms with Gasteiger partial charge in [0.15, 0.2) is 0 Å². The summed E-state index contributed by atoms with van der Waals surface area (Å²) >= 11 is 5.87. The molecule has 1 N–H and O–H groups in total. The number of hydrogen-bond donors (Lipinski definition) is 1. The zero-order valence-corrected chi connectivity index (χ0v) is 8.55. The van der Waals surface area contributed by atoms with E-state index in [-0.39, 0.29) is 0 Å². The van der Waals surface area contributed by atoms with Crippen molar-refractivity contribution in [1.29, 1.82) is 0 Å². The van der Waals surface area contributed by atoms with Gasteiger partial charge >= 0.3 is 0 Å². The van der Waals surface area contributed by atoms with Gasteiger partial charge in [0.05, 0.1) is 6.10 Å². The molecule has 2 heteroatoms. The Morgan fingerprint density at radius 2 is 2.08 bits per heavy atom. The molecule has 1 aromatic rings. The second-order valence-corrected chi connectivity index (χ2v) is 3.60. The molecule has 0 saturated heterocycles. The number of rotatable bonds is 2. The van der Waals surface area contributed by atoms with Crippen LogP contribution in [0.2, 0.25) is 5.02 Å². The van der Waals surface area contributed by atoms with Gasteiger partial charge in [-0.25, -0.2) is 0 Å². The van der Waals surface area contributed by atoms with Crippen molar-refractivity contribution in [3.63, 3.8) is 0 Å². The zero-order valence-electron chi connectivity index (χ0n) is 7.79. The largest absolute Gasteiger partial charge is 0.389 e. The number of halogens is 1. The summed E-state index contributed by atoms with van der Waals surface area (Å²) in [5, 5.41) is 9.76. The highest BCUT2D eigenvalue weighted by molar-refractivity contribution is 6.30. The van der Waals surface area contributed by atoms with Crippen LogP contribution in [0.5, 0.6) is 0 Å². The van der Waals surface area contributed by atoms with Gasteiger partial charge in [-0.05, 0) is 37.1 Å². The number of aliphatic hydroxyl groups excluding tert-OH is 1. The monoisotopic (exact) mass is 196 g/mol. The molecule has 0 heterocycles. The summed E-state index contributed by atoms with van der Waals surface area (Å²) in [6, 6.07) is 5.79. The maximum absolute atomic E-state index is 9.03. The molecular formula is C11H13ClO. The molecule has 0 radical (unpaired) electrons. The van der Waals surface area contributed by atoms with Crippen LogP contribution in [0.3, 0.4) is 0 Å². The fourth-order valence-corrected chi connectivity index (χ4v) is 1.41. The molecule has 1 unspecified atom stereocenters. The summed E-state index contributed by atoms with van der Waals surface area (Å²) in [6.45, 7) is 3.71. The first-order chi connectivity index (χ1) is 6.08. The van der Waals surface area contributed by atoms with E-state index in [0.717, 1.165) is 16.1 Å². The molecule has 0 fully saturated rings. The summed E-state index contributed by atoms with van der Waals surface area (Å²) in [7, 11) is 0. The van der Waals surface area contributed by atoms with Gasteiger partial charge in [0.2, 0.25) is 0 Å². The van der Waals surface area contributed by atoms with E-state index in [0.29, 0.717) is 0 Å². The van der Waals surface area contributed by atoms with Crippen molar-refractivity contribution in [2.24, 2.45) is 0 Å². The maximum Gasteiger partial charge on any atom is 0.0696 e. The Hall–Kier alpha value is -0.790. The third-order valence-corrected chi connectivity index (χ3v) is 1.85. The molecule has 70 valence electrons. The standard InChI is InChI=1S/C11H13ClO/c1-8-5-10(4-3-9(2)13)7-11(12)6-8/h3-7,9,13H,1-2H3/b4-3+. The van der Waals surface area contributed by atoms with Crippen LogP contribution in [0, 0.1) is 6.92 Å². The van der Waals surface area contributed by atoms with Crippen molar-refractivity contribution in [3.05, 3.63) is 40.4 Å². The first kappa shape index (κ1) is 10.3. The summed E-state index contributed by atoms with van der Waals surface area (Å²) in [4.78, 5) is 0. The van der Waals surface area contributed by atoms with Gasteiger partial charge in [-0.2, -0.15) is 0 Å². The fourth-order valence-electron chi connectivity index (χ4n) is 1.11. The van der Waals surface area contributed by atoms with Crippen LogP contribution < -0.4 is 0 Å². The van der Waals surface area contributed by atoms with E-state index in [9.17, 15) is 0 Å². The van der Waals surface area contributed by atoms with Crippen molar-refractivity contribution in [3.8, 4) is 0 Å². The van der Waals surface area contributed by atoms with Crippen LogP contribution in [0.15, 0.2) is 24.3 Å². The molecule has 0 aliphatic heterocycles. The summed E-state index contributed by atoms with van der Waals surface area (Å²) in [5.74, 6) is 0. The predicted molar refractivity (Wildman–Crippen MR) is 56.9 cm³/mol. The molecule has 1 atom stereocenters. The molecule has 13 heavy (non-hydrogen) atoms. The van der Waals surface area contributed by atoms with Crippen LogP contribution in [0.4, 0.5) is 0 Å². The van der Waals surface area contributed by atoms with Gasteiger partial charge in [-0.1, -0.05) is 29.8 Å². The quantitative estimate of drug-likeness (QED) is 0.771.